The van der Waals surface area contributed by atoms with Crippen molar-refractivity contribution in [3.8, 4) is 11.8 Å². The van der Waals surface area contributed by atoms with Crippen molar-refractivity contribution < 1.29 is 4.74 Å². The van der Waals surface area contributed by atoms with Gasteiger partial charge in [0, 0.05) is 11.1 Å². The zero-order chi connectivity index (χ0) is 14.6. The van der Waals surface area contributed by atoms with Gasteiger partial charge in [0.2, 0.25) is 0 Å². The van der Waals surface area contributed by atoms with Gasteiger partial charge in [-0.3, -0.25) is 0 Å². The van der Waals surface area contributed by atoms with Crippen LogP contribution in [0.5, 0.6) is 5.75 Å². The Morgan fingerprint density at radius 1 is 1.05 bits per heavy atom. The molecule has 0 N–H and O–H groups in total. The molecule has 0 spiro atoms. The first kappa shape index (κ1) is 16.9. The molecule has 1 aromatic carbocycles. The van der Waals surface area contributed by atoms with Crippen LogP contribution in [-0.4, -0.2) is 6.61 Å². The molecule has 0 aliphatic heterocycles. The topological polar surface area (TPSA) is 33.0 Å². The van der Waals surface area contributed by atoms with Gasteiger partial charge in [-0.25, -0.2) is 0 Å². The molecule has 0 unspecified atom stereocenters. The lowest BCUT2D eigenvalue weighted by atomic mass is 10.1. The van der Waals surface area contributed by atoms with E-state index in [0.29, 0.717) is 22.9 Å². The van der Waals surface area contributed by atoms with E-state index in [4.69, 9.17) is 21.6 Å². The summed E-state index contributed by atoms with van der Waals surface area (Å²) in [5.41, 5.74) is 0.550. The van der Waals surface area contributed by atoms with Crippen molar-refractivity contribution in [2.75, 3.05) is 6.61 Å². The molecule has 0 saturated carbocycles. The van der Waals surface area contributed by atoms with E-state index in [9.17, 15) is 0 Å². The smallest absolute Gasteiger partial charge is 0.138 e. The van der Waals surface area contributed by atoms with E-state index in [1.54, 1.807) is 18.2 Å². The van der Waals surface area contributed by atoms with Gasteiger partial charge < -0.3 is 4.74 Å². The number of nitriles is 1. The second-order valence-electron chi connectivity index (χ2n) is 5.08. The number of hydrogen-bond acceptors (Lipinski definition) is 2. The van der Waals surface area contributed by atoms with E-state index in [-0.39, 0.29) is 0 Å². The molecule has 1 aromatic rings. The Kier molecular flexibility index (Phi) is 8.91. The summed E-state index contributed by atoms with van der Waals surface area (Å²) in [6, 6.07) is 7.24. The average molecular weight is 294 g/mol. The number of halogens is 1. The number of rotatable bonds is 10. The maximum absolute atomic E-state index is 8.98. The molecule has 0 radical (unpaired) electrons. The maximum Gasteiger partial charge on any atom is 0.138 e. The molecule has 0 heterocycles. The molecule has 0 saturated heterocycles. The third-order valence-electron chi connectivity index (χ3n) is 3.32. The molecule has 0 aliphatic rings. The number of ether oxygens (including phenoxy) is 1. The highest BCUT2D eigenvalue weighted by Crippen LogP contribution is 2.23. The molecule has 0 bridgehead atoms. The van der Waals surface area contributed by atoms with Crippen LogP contribution in [0.4, 0.5) is 0 Å². The van der Waals surface area contributed by atoms with Crippen molar-refractivity contribution in [2.24, 2.45) is 0 Å². The first-order valence-corrected chi connectivity index (χ1v) is 7.98. The van der Waals surface area contributed by atoms with Crippen molar-refractivity contribution in [2.45, 2.75) is 58.3 Å². The highest BCUT2D eigenvalue weighted by molar-refractivity contribution is 6.30. The second-order valence-corrected chi connectivity index (χ2v) is 5.51. The van der Waals surface area contributed by atoms with Crippen LogP contribution in [0.15, 0.2) is 18.2 Å². The normalized spacial score (nSPS) is 10.2. The summed E-state index contributed by atoms with van der Waals surface area (Å²) in [7, 11) is 0. The number of unbranched alkanes of at least 4 members (excludes halogenated alkanes) is 7. The van der Waals surface area contributed by atoms with Crippen molar-refractivity contribution in [1.29, 1.82) is 5.26 Å². The lowest BCUT2D eigenvalue weighted by molar-refractivity contribution is 0.303. The molecule has 0 aliphatic carbocycles. The molecule has 2 nitrogen and oxygen atoms in total. The molecule has 0 amide bonds. The van der Waals surface area contributed by atoms with Crippen molar-refractivity contribution in [3.05, 3.63) is 28.8 Å². The predicted octanol–water partition coefficient (Wildman–Crippen LogP) is 5.73. The first-order valence-electron chi connectivity index (χ1n) is 7.60. The molecule has 20 heavy (non-hydrogen) atoms. The van der Waals surface area contributed by atoms with Crippen molar-refractivity contribution in [3.63, 3.8) is 0 Å². The van der Waals surface area contributed by atoms with Gasteiger partial charge in [0.15, 0.2) is 0 Å². The molecule has 0 fully saturated rings. The molecular formula is C17H24ClNO. The van der Waals surface area contributed by atoms with Crippen LogP contribution in [0.3, 0.4) is 0 Å². The highest BCUT2D eigenvalue weighted by atomic mass is 35.5. The van der Waals surface area contributed by atoms with Crippen LogP contribution < -0.4 is 4.74 Å². The lowest BCUT2D eigenvalue weighted by Gasteiger charge is -2.08. The Hall–Kier alpha value is -1.20. The van der Waals surface area contributed by atoms with Gasteiger partial charge in [-0.15, -0.1) is 0 Å². The van der Waals surface area contributed by atoms with Gasteiger partial charge in [-0.05, 0) is 18.6 Å². The molecule has 0 atom stereocenters. The van der Waals surface area contributed by atoms with Gasteiger partial charge >= 0.3 is 0 Å². The lowest BCUT2D eigenvalue weighted by Crippen LogP contribution is -1.99. The van der Waals surface area contributed by atoms with E-state index in [0.717, 1.165) is 6.42 Å². The van der Waals surface area contributed by atoms with Crippen LogP contribution in [0.25, 0.3) is 0 Å². The number of nitrogens with zero attached hydrogens (tertiary/aromatic N) is 1. The average Bonchev–Trinajstić information content (AvgIpc) is 2.46. The van der Waals surface area contributed by atoms with Crippen LogP contribution in [-0.2, 0) is 0 Å². The van der Waals surface area contributed by atoms with E-state index in [2.05, 4.69) is 13.0 Å². The quantitative estimate of drug-likeness (QED) is 0.516. The van der Waals surface area contributed by atoms with Crippen LogP contribution in [0.2, 0.25) is 5.02 Å². The largest absolute Gasteiger partial charge is 0.492 e. The minimum atomic E-state index is 0.550. The Bertz CT molecular complexity index is 425. The van der Waals surface area contributed by atoms with Gasteiger partial charge in [0.25, 0.3) is 0 Å². The van der Waals surface area contributed by atoms with Crippen LogP contribution in [0, 0.1) is 11.3 Å². The number of hydrogen-bond donors (Lipinski definition) is 0. The zero-order valence-corrected chi connectivity index (χ0v) is 13.1. The third-order valence-corrected chi connectivity index (χ3v) is 3.55. The summed E-state index contributed by atoms with van der Waals surface area (Å²) in [4.78, 5) is 0. The Labute approximate surface area is 127 Å². The third kappa shape index (κ3) is 6.82. The summed E-state index contributed by atoms with van der Waals surface area (Å²) in [6.07, 6.45) is 10.2. The minimum absolute atomic E-state index is 0.550. The molecule has 110 valence electrons. The Morgan fingerprint density at radius 2 is 1.70 bits per heavy atom. The molecule has 0 aromatic heterocycles. The minimum Gasteiger partial charge on any atom is -0.492 e. The molecule has 3 heteroatoms. The maximum atomic E-state index is 8.98. The fraction of sp³-hybridized carbons (Fsp3) is 0.588. The standard InChI is InChI=1S/C17H24ClNO/c1-2-3-4-5-6-7-8-9-12-20-17-13-16(18)11-10-15(17)14-19/h10-11,13H,2-9,12H2,1H3. The summed E-state index contributed by atoms with van der Waals surface area (Å²) in [6.45, 7) is 2.90. The van der Waals surface area contributed by atoms with Crippen LogP contribution >= 0.6 is 11.6 Å². The van der Waals surface area contributed by atoms with Crippen molar-refractivity contribution in [1.82, 2.24) is 0 Å². The summed E-state index contributed by atoms with van der Waals surface area (Å²) in [5.74, 6) is 0.600. The SMILES string of the molecule is CCCCCCCCCCOc1cc(Cl)ccc1C#N. The second kappa shape index (κ2) is 10.6. The zero-order valence-electron chi connectivity index (χ0n) is 12.3. The fourth-order valence-corrected chi connectivity index (χ4v) is 2.29. The summed E-state index contributed by atoms with van der Waals surface area (Å²) < 4.78 is 5.65. The first-order chi connectivity index (χ1) is 9.77. The van der Waals surface area contributed by atoms with Gasteiger partial charge in [0.05, 0.1) is 12.2 Å². The number of benzene rings is 1. The van der Waals surface area contributed by atoms with Gasteiger partial charge in [-0.2, -0.15) is 5.26 Å². The van der Waals surface area contributed by atoms with Gasteiger partial charge in [0.1, 0.15) is 11.8 Å². The van der Waals surface area contributed by atoms with E-state index in [1.165, 1.54) is 44.9 Å². The van der Waals surface area contributed by atoms with Crippen LogP contribution in [0.1, 0.15) is 63.9 Å². The monoisotopic (exact) mass is 293 g/mol. The van der Waals surface area contributed by atoms with Gasteiger partial charge in [-0.1, -0.05) is 63.5 Å². The summed E-state index contributed by atoms with van der Waals surface area (Å²) >= 11 is 5.91. The molecule has 1 rings (SSSR count). The summed E-state index contributed by atoms with van der Waals surface area (Å²) in [5, 5.41) is 9.59. The Morgan fingerprint density at radius 3 is 2.35 bits per heavy atom. The predicted molar refractivity (Wildman–Crippen MR) is 84.3 cm³/mol. The van der Waals surface area contributed by atoms with E-state index in [1.807, 2.05) is 0 Å². The Balaban J connectivity index is 2.12. The highest BCUT2D eigenvalue weighted by Gasteiger charge is 2.03. The van der Waals surface area contributed by atoms with E-state index < -0.39 is 0 Å². The van der Waals surface area contributed by atoms with E-state index >= 15 is 0 Å². The van der Waals surface area contributed by atoms with Crippen molar-refractivity contribution >= 4 is 11.6 Å². The fourth-order valence-electron chi connectivity index (χ4n) is 2.13. The molecular weight excluding hydrogens is 270 g/mol.